The van der Waals surface area contributed by atoms with E-state index in [4.69, 9.17) is 23.2 Å². The van der Waals surface area contributed by atoms with E-state index in [2.05, 4.69) is 15.3 Å². The number of nitro benzene ring substituents is 1. The Morgan fingerprint density at radius 3 is 2.48 bits per heavy atom. The van der Waals surface area contributed by atoms with E-state index in [9.17, 15) is 10.1 Å². The van der Waals surface area contributed by atoms with Crippen molar-refractivity contribution in [3.8, 4) is 11.3 Å². The van der Waals surface area contributed by atoms with Crippen LogP contribution < -0.4 is 21.5 Å². The van der Waals surface area contributed by atoms with Gasteiger partial charge >= 0.3 is 0 Å². The van der Waals surface area contributed by atoms with Crippen LogP contribution in [0.4, 0.5) is 5.69 Å². The predicted octanol–water partition coefficient (Wildman–Crippen LogP) is 2.44. The van der Waals surface area contributed by atoms with Gasteiger partial charge in [-0.3, -0.25) is 10.1 Å². The van der Waals surface area contributed by atoms with Crippen LogP contribution >= 0.6 is 23.2 Å². The van der Waals surface area contributed by atoms with Gasteiger partial charge in [0.2, 0.25) is 0 Å². The molecule has 0 amide bonds. The van der Waals surface area contributed by atoms with E-state index in [0.29, 0.717) is 16.6 Å². The van der Waals surface area contributed by atoms with Crippen LogP contribution in [0.2, 0.25) is 10.0 Å². The molecule has 0 fully saturated rings. The Hall–Kier alpha value is -1.89. The molecule has 1 aliphatic heterocycles. The third kappa shape index (κ3) is 4.65. The number of imidazole rings is 1. The number of fused-ring (bicyclic) bond motifs is 1. The number of nitrogens with zero attached hydrogens (tertiary/aromatic N) is 3. The maximum Gasteiger partial charge on any atom is 0.269 e. The summed E-state index contributed by atoms with van der Waals surface area (Å²) in [6, 6.07) is 12.5. The van der Waals surface area contributed by atoms with Gasteiger partial charge in [0.1, 0.15) is 12.7 Å². The lowest BCUT2D eigenvalue weighted by atomic mass is 10.1. The smallest absolute Gasteiger partial charge is 0.269 e. The van der Waals surface area contributed by atoms with Gasteiger partial charge in [0.25, 0.3) is 11.5 Å². The van der Waals surface area contributed by atoms with Crippen molar-refractivity contribution in [1.82, 2.24) is 4.57 Å². The van der Waals surface area contributed by atoms with Crippen LogP contribution in [0.1, 0.15) is 30.7 Å². The van der Waals surface area contributed by atoms with Crippen molar-refractivity contribution < 1.29 is 26.5 Å². The Morgan fingerprint density at radius 1 is 1.03 bits per heavy atom. The number of hydrogen-bond acceptors (Lipinski definition) is 2. The zero-order valence-electron chi connectivity index (χ0n) is 15.7. The van der Waals surface area contributed by atoms with Crippen molar-refractivity contribution >= 4 is 28.9 Å². The fourth-order valence-electron chi connectivity index (χ4n) is 3.79. The lowest BCUT2D eigenvalue weighted by Crippen LogP contribution is -3.00. The first-order chi connectivity index (χ1) is 13.5. The van der Waals surface area contributed by atoms with E-state index in [-0.39, 0.29) is 27.6 Å². The number of nitro groups is 1. The standard InChI is InChI=1S/C21H20Cl2N3O2.BrH/c22-18-10-7-16(12-19(18)23)20-14-24(21-4-2-1-3-11-25(20)21)13-15-5-8-17(9-6-15)26(27)28;/h5-10,12,14H,1-4,11,13H2;1H/q+1;/p-1. The first-order valence-corrected chi connectivity index (χ1v) is 10.1. The summed E-state index contributed by atoms with van der Waals surface area (Å²) in [5, 5.41) is 12.0. The van der Waals surface area contributed by atoms with E-state index >= 15 is 0 Å². The summed E-state index contributed by atoms with van der Waals surface area (Å²) >= 11 is 12.3. The van der Waals surface area contributed by atoms with Crippen LogP contribution in [-0.2, 0) is 19.5 Å². The molecule has 0 atom stereocenters. The van der Waals surface area contributed by atoms with Gasteiger partial charge in [0.05, 0.1) is 21.5 Å². The van der Waals surface area contributed by atoms with Crippen LogP contribution in [0.3, 0.4) is 0 Å². The lowest BCUT2D eigenvalue weighted by Gasteiger charge is -2.04. The van der Waals surface area contributed by atoms with Gasteiger partial charge in [-0.25, -0.2) is 9.13 Å². The highest BCUT2D eigenvalue weighted by Crippen LogP contribution is 2.30. The van der Waals surface area contributed by atoms with E-state index in [0.717, 1.165) is 42.6 Å². The number of rotatable bonds is 4. The Balaban J connectivity index is 0.00000240. The van der Waals surface area contributed by atoms with Crippen molar-refractivity contribution in [2.75, 3.05) is 0 Å². The molecule has 8 heteroatoms. The van der Waals surface area contributed by atoms with Crippen molar-refractivity contribution in [3.05, 3.63) is 80.2 Å². The Bertz CT molecular complexity index is 1040. The van der Waals surface area contributed by atoms with Gasteiger partial charge in [-0.2, -0.15) is 0 Å². The fraction of sp³-hybridized carbons (Fsp3) is 0.286. The number of halogens is 3. The molecule has 0 unspecified atom stereocenters. The van der Waals surface area contributed by atoms with Crippen LogP contribution in [0.25, 0.3) is 11.3 Å². The second-order valence-electron chi connectivity index (χ2n) is 7.07. The molecule has 0 bridgehead atoms. The van der Waals surface area contributed by atoms with E-state index in [1.807, 2.05) is 30.3 Å². The average Bonchev–Trinajstić information content (AvgIpc) is 2.86. The fourth-order valence-corrected chi connectivity index (χ4v) is 4.08. The zero-order chi connectivity index (χ0) is 19.7. The minimum absolute atomic E-state index is 0. The lowest BCUT2D eigenvalue weighted by molar-refractivity contribution is -0.695. The third-order valence-electron chi connectivity index (χ3n) is 5.21. The van der Waals surface area contributed by atoms with E-state index < -0.39 is 0 Å². The number of benzene rings is 2. The summed E-state index contributed by atoms with van der Waals surface area (Å²) in [5.41, 5.74) is 3.31. The quantitative estimate of drug-likeness (QED) is 0.316. The first-order valence-electron chi connectivity index (χ1n) is 9.33. The summed E-state index contributed by atoms with van der Waals surface area (Å²) in [4.78, 5) is 10.5. The van der Waals surface area contributed by atoms with Crippen molar-refractivity contribution in [1.29, 1.82) is 0 Å². The van der Waals surface area contributed by atoms with Crippen molar-refractivity contribution in [2.24, 2.45) is 0 Å². The molecule has 1 aliphatic rings. The average molecular weight is 497 g/mol. The normalized spacial score (nSPS) is 13.3. The van der Waals surface area contributed by atoms with Gasteiger partial charge in [0, 0.05) is 24.1 Å². The molecule has 0 saturated carbocycles. The number of non-ortho nitro benzene ring substituents is 1. The number of hydrogen-bond donors (Lipinski definition) is 0. The summed E-state index contributed by atoms with van der Waals surface area (Å²) in [6.45, 7) is 1.65. The van der Waals surface area contributed by atoms with E-state index in [1.165, 1.54) is 12.2 Å². The monoisotopic (exact) mass is 495 g/mol. The largest absolute Gasteiger partial charge is 1.00 e. The summed E-state index contributed by atoms with van der Waals surface area (Å²) in [5.74, 6) is 1.27. The Morgan fingerprint density at radius 2 is 1.79 bits per heavy atom. The third-order valence-corrected chi connectivity index (χ3v) is 5.95. The molecule has 0 radical (unpaired) electrons. The second kappa shape index (κ2) is 9.28. The van der Waals surface area contributed by atoms with Gasteiger partial charge in [-0.15, -0.1) is 0 Å². The highest BCUT2D eigenvalue weighted by molar-refractivity contribution is 6.42. The molecule has 5 nitrogen and oxygen atoms in total. The number of aromatic nitrogens is 2. The Kier molecular flexibility index (Phi) is 6.98. The SMILES string of the molecule is O=[N+]([O-])c1ccc(C[n+]2cc(-c3ccc(Cl)c(Cl)c3)n3c2CCCCC3)cc1.[Br-]. The molecule has 152 valence electrons. The summed E-state index contributed by atoms with van der Waals surface area (Å²) < 4.78 is 4.63. The molecular weight excluding hydrogens is 477 g/mol. The molecule has 0 spiro atoms. The zero-order valence-corrected chi connectivity index (χ0v) is 18.8. The van der Waals surface area contributed by atoms with Crippen molar-refractivity contribution in [3.63, 3.8) is 0 Å². The molecule has 3 aromatic rings. The highest BCUT2D eigenvalue weighted by atomic mass is 79.9. The van der Waals surface area contributed by atoms with Crippen LogP contribution in [-0.4, -0.2) is 9.49 Å². The molecule has 29 heavy (non-hydrogen) atoms. The van der Waals surface area contributed by atoms with Gasteiger partial charge in [0.15, 0.2) is 5.69 Å². The molecule has 0 aliphatic carbocycles. The predicted molar refractivity (Wildman–Crippen MR) is 110 cm³/mol. The molecule has 4 rings (SSSR count). The molecule has 0 saturated heterocycles. The van der Waals surface area contributed by atoms with Crippen LogP contribution in [0, 0.1) is 10.1 Å². The van der Waals surface area contributed by atoms with Crippen LogP contribution in [0.5, 0.6) is 0 Å². The first kappa shape index (κ1) is 21.8. The second-order valence-corrected chi connectivity index (χ2v) is 7.89. The minimum atomic E-state index is -0.371. The van der Waals surface area contributed by atoms with Gasteiger partial charge < -0.3 is 17.0 Å². The molecule has 1 aromatic heterocycles. The highest BCUT2D eigenvalue weighted by Gasteiger charge is 2.26. The molecule has 2 heterocycles. The van der Waals surface area contributed by atoms with Crippen LogP contribution in [0.15, 0.2) is 48.7 Å². The minimum Gasteiger partial charge on any atom is -1.00 e. The molecule has 0 N–H and O–H groups in total. The van der Waals surface area contributed by atoms with E-state index in [1.54, 1.807) is 12.1 Å². The maximum atomic E-state index is 10.9. The van der Waals surface area contributed by atoms with Gasteiger partial charge in [-0.1, -0.05) is 23.2 Å². The van der Waals surface area contributed by atoms with Crippen molar-refractivity contribution in [2.45, 2.75) is 38.8 Å². The molecule has 2 aromatic carbocycles. The summed E-state index contributed by atoms with van der Waals surface area (Å²) in [6.07, 6.45) is 6.68. The molecular formula is C21H20BrCl2N3O2. The maximum absolute atomic E-state index is 10.9. The topological polar surface area (TPSA) is 52.0 Å². The van der Waals surface area contributed by atoms with Gasteiger partial charge in [-0.05, 0) is 55.2 Å². The Labute approximate surface area is 189 Å². The summed E-state index contributed by atoms with van der Waals surface area (Å²) in [7, 11) is 0.